The normalized spacial score (nSPS) is 19.3. The van der Waals surface area contributed by atoms with E-state index in [4.69, 9.17) is 5.73 Å². The van der Waals surface area contributed by atoms with Crippen LogP contribution < -0.4 is 27.0 Å². The van der Waals surface area contributed by atoms with Crippen LogP contribution in [0.2, 0.25) is 0 Å². The van der Waals surface area contributed by atoms with Gasteiger partial charge in [-0.2, -0.15) is 0 Å². The molecule has 4 unspecified atom stereocenters. The molecule has 5 atom stereocenters. The van der Waals surface area contributed by atoms with Crippen LogP contribution in [0.1, 0.15) is 125 Å². The maximum Gasteiger partial charge on any atom is 0.335 e. The Labute approximate surface area is 365 Å². The number of nitrogens with one attached hydrogen (secondary N) is 4. The van der Waals surface area contributed by atoms with E-state index in [-0.39, 0.29) is 31.1 Å². The number of primary amides is 1. The zero-order chi connectivity index (χ0) is 46.6. The number of aromatic carboxylic acids is 1. The van der Waals surface area contributed by atoms with Crippen LogP contribution in [0.15, 0.2) is 30.4 Å². The number of Topliss-reactive ketones (excluding diaryl/α,β-unsaturated/α-hetero) is 1. The van der Waals surface area contributed by atoms with Gasteiger partial charge in [0.2, 0.25) is 29.5 Å². The topological polar surface area (TPSA) is 304 Å². The number of allylic oxidation sites excluding steroid dienone is 1. The molecule has 3 aliphatic rings. The number of nitro benzene ring substituents is 1. The number of ketones is 1. The minimum atomic E-state index is -1.55. The number of nitrogens with zero attached hydrogens (tertiary/aromatic N) is 2. The third-order valence-electron chi connectivity index (χ3n) is 11.9. The Morgan fingerprint density at radius 2 is 1.46 bits per heavy atom. The maximum atomic E-state index is 14.5. The Kier molecular flexibility index (Phi) is 17.5. The number of likely N-dealkylation sites (tertiary alicyclic amines) is 1. The summed E-state index contributed by atoms with van der Waals surface area (Å²) in [5.74, 6) is -7.96. The number of carboxylic acids is 1. The molecule has 1 heterocycles. The molecule has 0 spiro atoms. The van der Waals surface area contributed by atoms with Crippen LogP contribution in [-0.2, 0) is 38.3 Å². The predicted octanol–water partition coefficient (Wildman–Crippen LogP) is 2.22. The zero-order valence-electron chi connectivity index (χ0n) is 36.1. The van der Waals surface area contributed by atoms with Crippen molar-refractivity contribution in [2.45, 2.75) is 134 Å². The van der Waals surface area contributed by atoms with Crippen molar-refractivity contribution in [3.63, 3.8) is 0 Å². The van der Waals surface area contributed by atoms with Gasteiger partial charge < -0.3 is 41.7 Å². The van der Waals surface area contributed by atoms with Crippen molar-refractivity contribution in [2.75, 3.05) is 13.7 Å². The van der Waals surface area contributed by atoms with Gasteiger partial charge in [-0.1, -0.05) is 65.4 Å². The summed E-state index contributed by atoms with van der Waals surface area (Å²) in [6.45, 7) is 4.38. The van der Waals surface area contributed by atoms with Gasteiger partial charge in [0.15, 0.2) is 5.78 Å². The standard InChI is InChI=1S/C43H59N7O13/c1-43(2,3)35(48-38(55)30(17-11-12-18-32(52)63-4)45-37(54)26-19-27(42(59)60)21-28(20-26)50(61)62)41(58)49-23-29(51)22-31(49)39(56)47-34(25-15-9-6-10-16-25)40(57)46-33(36(44)53)24-13-7-5-8-14-24/h12,18-21,24-25,30-31,33-35H,5-11,13-17,22-23H2,1-4H3,(H2,44,53)(H,45,54)(H,46,57)(H,47,56)(H,48,55)(H,59,60)/b18-12+/t30?,31-,33?,34?,35?/m0/s1. The second-order valence-corrected chi connectivity index (χ2v) is 17.6. The summed E-state index contributed by atoms with van der Waals surface area (Å²) in [6, 6.07) is -3.80. The van der Waals surface area contributed by atoms with Crippen LogP contribution in [-0.4, -0.2) is 112 Å². The second-order valence-electron chi connectivity index (χ2n) is 17.6. The van der Waals surface area contributed by atoms with E-state index in [1.165, 1.54) is 6.08 Å². The first-order valence-electron chi connectivity index (χ1n) is 21.3. The monoisotopic (exact) mass is 881 g/mol. The number of methoxy groups -OCH3 is 1. The summed E-state index contributed by atoms with van der Waals surface area (Å²) in [7, 11) is 1.16. The molecule has 63 heavy (non-hydrogen) atoms. The van der Waals surface area contributed by atoms with Crippen molar-refractivity contribution in [1.82, 2.24) is 26.2 Å². The number of non-ortho nitro benzene ring substituents is 1. The highest BCUT2D eigenvalue weighted by atomic mass is 16.6. The molecule has 2 aliphatic carbocycles. The molecule has 7 N–H and O–H groups in total. The molecular formula is C43H59N7O13. The largest absolute Gasteiger partial charge is 0.478 e. The van der Waals surface area contributed by atoms with E-state index in [0.717, 1.165) is 74.8 Å². The molecule has 1 saturated heterocycles. The Balaban J connectivity index is 1.59. The average Bonchev–Trinajstić information content (AvgIpc) is 3.65. The molecule has 1 aliphatic heterocycles. The number of rotatable bonds is 18. The number of esters is 1. The zero-order valence-corrected chi connectivity index (χ0v) is 36.1. The van der Waals surface area contributed by atoms with E-state index in [1.54, 1.807) is 20.8 Å². The van der Waals surface area contributed by atoms with Gasteiger partial charge in [0, 0.05) is 30.2 Å². The minimum absolute atomic E-state index is 0.00361. The highest BCUT2D eigenvalue weighted by molar-refractivity contribution is 6.03. The number of carboxylic acid groups (broad SMARTS) is 1. The summed E-state index contributed by atoms with van der Waals surface area (Å²) in [5, 5.41) is 31.8. The molecule has 1 aromatic carbocycles. The van der Waals surface area contributed by atoms with Crippen molar-refractivity contribution in [3.05, 3.63) is 51.6 Å². The van der Waals surface area contributed by atoms with Crippen LogP contribution in [0.3, 0.4) is 0 Å². The first-order valence-corrected chi connectivity index (χ1v) is 21.3. The Morgan fingerprint density at radius 3 is 2.00 bits per heavy atom. The van der Waals surface area contributed by atoms with Crippen LogP contribution >= 0.6 is 0 Å². The molecule has 3 fully saturated rings. The van der Waals surface area contributed by atoms with E-state index in [9.17, 15) is 58.4 Å². The van der Waals surface area contributed by atoms with Crippen LogP contribution in [0, 0.1) is 27.4 Å². The summed E-state index contributed by atoms with van der Waals surface area (Å²) in [4.78, 5) is 131. The van der Waals surface area contributed by atoms with E-state index >= 15 is 0 Å². The fraction of sp³-hybridized carbons (Fsp3) is 0.605. The average molecular weight is 882 g/mol. The number of hydrogen-bond donors (Lipinski definition) is 6. The van der Waals surface area contributed by atoms with Crippen LogP contribution in [0.5, 0.6) is 0 Å². The van der Waals surface area contributed by atoms with E-state index in [1.807, 2.05) is 0 Å². The molecule has 0 radical (unpaired) electrons. The summed E-state index contributed by atoms with van der Waals surface area (Å²) >= 11 is 0. The lowest BCUT2D eigenvalue weighted by atomic mass is 9.81. The van der Waals surface area contributed by atoms with Gasteiger partial charge in [-0.3, -0.25) is 43.7 Å². The minimum Gasteiger partial charge on any atom is -0.478 e. The van der Waals surface area contributed by atoms with E-state index in [2.05, 4.69) is 26.0 Å². The molecule has 20 heteroatoms. The number of carbonyl (C=O) groups excluding carboxylic acids is 8. The summed E-state index contributed by atoms with van der Waals surface area (Å²) < 4.78 is 4.59. The van der Waals surface area contributed by atoms with Crippen molar-refractivity contribution < 1.29 is 57.9 Å². The lowest BCUT2D eigenvalue weighted by Gasteiger charge is -2.37. The molecule has 0 bridgehead atoms. The molecule has 4 rings (SSSR count). The number of hydrogen-bond acceptors (Lipinski definition) is 12. The molecule has 6 amide bonds. The van der Waals surface area contributed by atoms with Gasteiger partial charge >= 0.3 is 11.9 Å². The third-order valence-corrected chi connectivity index (χ3v) is 11.9. The summed E-state index contributed by atoms with van der Waals surface area (Å²) in [5.41, 5.74) is 2.99. The summed E-state index contributed by atoms with van der Waals surface area (Å²) in [6.07, 6.45) is 9.90. The van der Waals surface area contributed by atoms with E-state index < -0.39 is 117 Å². The number of ether oxygens (including phenoxy) is 1. The Morgan fingerprint density at radius 1 is 0.873 bits per heavy atom. The highest BCUT2D eigenvalue weighted by Crippen LogP contribution is 2.30. The third kappa shape index (κ3) is 13.6. The quantitative estimate of drug-likeness (QED) is 0.0534. The van der Waals surface area contributed by atoms with Crippen LogP contribution in [0.4, 0.5) is 5.69 Å². The van der Waals surface area contributed by atoms with Gasteiger partial charge in [-0.05, 0) is 61.8 Å². The van der Waals surface area contributed by atoms with Crippen molar-refractivity contribution in [1.29, 1.82) is 0 Å². The first-order chi connectivity index (χ1) is 29.7. The van der Waals surface area contributed by atoms with Gasteiger partial charge in [0.05, 0.1) is 24.1 Å². The Hall–Kier alpha value is -6.21. The van der Waals surface area contributed by atoms with Crippen molar-refractivity contribution in [3.8, 4) is 0 Å². The second kappa shape index (κ2) is 22.2. The molecule has 20 nitrogen and oxygen atoms in total. The lowest BCUT2D eigenvalue weighted by Crippen LogP contribution is -2.62. The van der Waals surface area contributed by atoms with Gasteiger partial charge in [-0.15, -0.1) is 0 Å². The predicted molar refractivity (Wildman–Crippen MR) is 224 cm³/mol. The van der Waals surface area contributed by atoms with Gasteiger partial charge in [0.25, 0.3) is 11.6 Å². The van der Waals surface area contributed by atoms with E-state index in [0.29, 0.717) is 25.7 Å². The first kappa shape index (κ1) is 49.4. The van der Waals surface area contributed by atoms with Crippen molar-refractivity contribution >= 4 is 58.9 Å². The Bertz CT molecular complexity index is 1930. The SMILES string of the molecule is COC(=O)/C=C/CCC(NC(=O)c1cc(C(=O)O)cc([N+](=O)[O-])c1)C(=O)NC(C(=O)N1CC(=O)C[C@H]1C(=O)NC(C(=O)NC(C(N)=O)C1CCCCC1)C1CCCCC1)C(C)(C)C. The number of nitrogens with two attached hydrogens (primary N) is 1. The smallest absolute Gasteiger partial charge is 0.335 e. The lowest BCUT2D eigenvalue weighted by molar-refractivity contribution is -0.384. The molecular weight excluding hydrogens is 823 g/mol. The highest BCUT2D eigenvalue weighted by Gasteiger charge is 2.46. The molecule has 2 saturated carbocycles. The number of amides is 6. The van der Waals surface area contributed by atoms with Crippen LogP contribution in [0.25, 0.3) is 0 Å². The van der Waals surface area contributed by atoms with Gasteiger partial charge in [0.1, 0.15) is 30.2 Å². The van der Waals surface area contributed by atoms with Crippen molar-refractivity contribution in [2.24, 2.45) is 23.0 Å². The number of carbonyl (C=O) groups is 9. The molecule has 344 valence electrons. The number of benzene rings is 1. The van der Waals surface area contributed by atoms with Gasteiger partial charge in [-0.25, -0.2) is 9.59 Å². The number of nitro groups is 1. The molecule has 0 aromatic heterocycles. The fourth-order valence-electron chi connectivity index (χ4n) is 8.45. The molecule has 1 aromatic rings. The fourth-order valence-corrected chi connectivity index (χ4v) is 8.45. The maximum absolute atomic E-state index is 14.5.